The van der Waals surface area contributed by atoms with E-state index in [0.717, 1.165) is 29.6 Å². The van der Waals surface area contributed by atoms with Crippen LogP contribution in [0.25, 0.3) is 0 Å². The average Bonchev–Trinajstić information content (AvgIpc) is 2.90. The van der Waals surface area contributed by atoms with Gasteiger partial charge < -0.3 is 15.0 Å². The number of carbonyl (C=O) groups is 1. The molecule has 2 heterocycles. The van der Waals surface area contributed by atoms with E-state index in [2.05, 4.69) is 15.3 Å². The van der Waals surface area contributed by atoms with Gasteiger partial charge in [0, 0.05) is 34.2 Å². The fraction of sp³-hybridized carbons (Fsp3) is 0.148. The van der Waals surface area contributed by atoms with Crippen molar-refractivity contribution in [1.29, 1.82) is 0 Å². The summed E-state index contributed by atoms with van der Waals surface area (Å²) in [6, 6.07) is 12.5. The van der Waals surface area contributed by atoms with E-state index in [4.69, 9.17) is 16.3 Å². The zero-order valence-corrected chi connectivity index (χ0v) is 22.5. The van der Waals surface area contributed by atoms with Crippen molar-refractivity contribution in [3.05, 3.63) is 120 Å². The Morgan fingerprint density at radius 2 is 1.85 bits per heavy atom. The number of hydrogen-bond acceptors (Lipinski definition) is 7. The van der Waals surface area contributed by atoms with Crippen LogP contribution in [0.2, 0.25) is 5.02 Å². The molecule has 14 heteroatoms. The number of H-pyrrole nitrogens is 1. The number of halogens is 4. The number of rotatable bonds is 6. The molecule has 210 valence electrons. The lowest BCUT2D eigenvalue weighted by Crippen LogP contribution is -2.35. The highest BCUT2D eigenvalue weighted by molar-refractivity contribution is 7.98. The van der Waals surface area contributed by atoms with Gasteiger partial charge in [-0.15, -0.1) is 0 Å². The number of amides is 1. The normalized spacial score (nSPS) is 14.0. The lowest BCUT2D eigenvalue weighted by Gasteiger charge is -2.29. The van der Waals surface area contributed by atoms with Gasteiger partial charge in [0.1, 0.15) is 22.6 Å². The second-order valence-electron chi connectivity index (χ2n) is 9.06. The summed E-state index contributed by atoms with van der Waals surface area (Å²) in [5.41, 5.74) is -1.08. The minimum atomic E-state index is -4.92. The molecule has 0 aliphatic carbocycles. The highest BCUT2D eigenvalue weighted by Crippen LogP contribution is 2.44. The number of hydrogen-bond donors (Lipinski definition) is 2. The quantitative estimate of drug-likeness (QED) is 0.110. The standard InChI is InChI=1S/C27H18ClF3N4O5S/c1-13-2-5-16-21(8-13)40-22-10-15(28)4-6-17(22)23(16)33-24(36)18-11-32-26(34-25(18)37)41-12-14-3-7-20(35(38)39)19(9-14)27(29,30)31/h2-11,23H,12H2,1H3,(H,33,36)(H,32,34,37). The molecule has 1 amide bonds. The number of nitrogens with one attached hydrogen (secondary N) is 2. The smallest absolute Gasteiger partial charge is 0.423 e. The summed E-state index contributed by atoms with van der Waals surface area (Å²) in [6.07, 6.45) is -3.84. The molecule has 1 aliphatic rings. The summed E-state index contributed by atoms with van der Waals surface area (Å²) >= 11 is 7.03. The molecule has 1 unspecified atom stereocenters. The predicted molar refractivity (Wildman–Crippen MR) is 145 cm³/mol. The van der Waals surface area contributed by atoms with E-state index in [-0.39, 0.29) is 22.0 Å². The minimum Gasteiger partial charge on any atom is -0.457 e. The molecular formula is C27H18ClF3N4O5S. The Balaban J connectivity index is 1.35. The SMILES string of the molecule is Cc1ccc2c(c1)Oc1cc(Cl)ccc1C2NC(=O)c1cnc(SCc2ccc([N+](=O)[O-])c(C(F)(F)F)c2)[nH]c1=O. The molecule has 2 N–H and O–H groups in total. The van der Waals surface area contributed by atoms with Crippen LogP contribution >= 0.6 is 23.4 Å². The van der Waals surface area contributed by atoms with Gasteiger partial charge in [-0.3, -0.25) is 19.7 Å². The van der Waals surface area contributed by atoms with Crippen molar-refractivity contribution in [3.8, 4) is 11.5 Å². The van der Waals surface area contributed by atoms with Crippen LogP contribution in [0.15, 0.2) is 70.7 Å². The van der Waals surface area contributed by atoms with Crippen molar-refractivity contribution in [1.82, 2.24) is 15.3 Å². The van der Waals surface area contributed by atoms with Gasteiger partial charge in [0.05, 0.1) is 11.0 Å². The molecule has 1 atom stereocenters. The molecule has 0 saturated heterocycles. The molecule has 41 heavy (non-hydrogen) atoms. The molecule has 3 aromatic carbocycles. The molecule has 0 fully saturated rings. The van der Waals surface area contributed by atoms with Crippen molar-refractivity contribution in [3.63, 3.8) is 0 Å². The third-order valence-corrected chi connectivity index (χ3v) is 7.41. The number of nitro groups is 1. The Kier molecular flexibility index (Phi) is 7.49. The molecular weight excluding hydrogens is 585 g/mol. The maximum atomic E-state index is 13.3. The van der Waals surface area contributed by atoms with Crippen LogP contribution < -0.4 is 15.6 Å². The van der Waals surface area contributed by atoms with E-state index < -0.39 is 39.9 Å². The largest absolute Gasteiger partial charge is 0.457 e. The number of thioether (sulfide) groups is 1. The fourth-order valence-electron chi connectivity index (χ4n) is 4.28. The molecule has 1 aliphatic heterocycles. The first kappa shape index (κ1) is 28.2. The maximum Gasteiger partial charge on any atom is 0.423 e. The number of fused-ring (bicyclic) bond motifs is 2. The number of carbonyl (C=O) groups excluding carboxylic acids is 1. The van der Waals surface area contributed by atoms with Crippen LogP contribution in [-0.2, 0) is 11.9 Å². The van der Waals surface area contributed by atoms with Crippen molar-refractivity contribution < 1.29 is 27.6 Å². The number of aromatic amines is 1. The molecule has 5 rings (SSSR count). The highest BCUT2D eigenvalue weighted by Gasteiger charge is 2.38. The fourth-order valence-corrected chi connectivity index (χ4v) is 5.22. The summed E-state index contributed by atoms with van der Waals surface area (Å²) in [5.74, 6) is 0.205. The summed E-state index contributed by atoms with van der Waals surface area (Å²) in [6.45, 7) is 1.90. The Hall–Kier alpha value is -4.36. The average molecular weight is 603 g/mol. The minimum absolute atomic E-state index is 0.0466. The first-order valence-electron chi connectivity index (χ1n) is 11.9. The molecule has 0 saturated carbocycles. The van der Waals surface area contributed by atoms with Gasteiger partial charge >= 0.3 is 6.18 Å². The second kappa shape index (κ2) is 10.9. The topological polar surface area (TPSA) is 127 Å². The van der Waals surface area contributed by atoms with E-state index in [9.17, 15) is 32.9 Å². The molecule has 9 nitrogen and oxygen atoms in total. The van der Waals surface area contributed by atoms with Crippen LogP contribution in [0.4, 0.5) is 18.9 Å². The van der Waals surface area contributed by atoms with Crippen LogP contribution in [0.5, 0.6) is 11.5 Å². The number of nitrogens with zero attached hydrogens (tertiary/aromatic N) is 2. The zero-order chi connectivity index (χ0) is 29.5. The lowest BCUT2D eigenvalue weighted by molar-refractivity contribution is -0.388. The van der Waals surface area contributed by atoms with Crippen molar-refractivity contribution >= 4 is 35.0 Å². The van der Waals surface area contributed by atoms with E-state index in [1.165, 1.54) is 6.07 Å². The highest BCUT2D eigenvalue weighted by atomic mass is 35.5. The zero-order valence-electron chi connectivity index (χ0n) is 20.9. The van der Waals surface area contributed by atoms with Crippen molar-refractivity contribution in [2.24, 2.45) is 0 Å². The van der Waals surface area contributed by atoms with Gasteiger partial charge in [0.15, 0.2) is 5.16 Å². The van der Waals surface area contributed by atoms with Crippen LogP contribution in [0.3, 0.4) is 0 Å². The Morgan fingerprint density at radius 3 is 2.54 bits per heavy atom. The van der Waals surface area contributed by atoms with Gasteiger partial charge in [-0.25, -0.2) is 4.98 Å². The van der Waals surface area contributed by atoms with E-state index in [0.29, 0.717) is 33.7 Å². The summed E-state index contributed by atoms with van der Waals surface area (Å²) in [5, 5.41) is 14.3. The van der Waals surface area contributed by atoms with E-state index in [1.54, 1.807) is 18.2 Å². The van der Waals surface area contributed by atoms with E-state index in [1.807, 2.05) is 25.1 Å². The van der Waals surface area contributed by atoms with Crippen LogP contribution in [0, 0.1) is 17.0 Å². The summed E-state index contributed by atoms with van der Waals surface area (Å²) < 4.78 is 45.8. The van der Waals surface area contributed by atoms with Gasteiger partial charge in [0.25, 0.3) is 17.2 Å². The Labute approximate surface area is 238 Å². The molecule has 1 aromatic heterocycles. The predicted octanol–water partition coefficient (Wildman–Crippen LogP) is 6.58. The lowest BCUT2D eigenvalue weighted by atomic mass is 9.93. The van der Waals surface area contributed by atoms with Crippen molar-refractivity contribution in [2.45, 2.75) is 30.1 Å². The number of aromatic nitrogens is 2. The number of aryl methyl sites for hydroxylation is 1. The first-order chi connectivity index (χ1) is 19.4. The van der Waals surface area contributed by atoms with Crippen LogP contribution in [-0.4, -0.2) is 20.8 Å². The summed E-state index contributed by atoms with van der Waals surface area (Å²) in [4.78, 5) is 42.4. The monoisotopic (exact) mass is 602 g/mol. The number of ether oxygens (including phenoxy) is 1. The first-order valence-corrected chi connectivity index (χ1v) is 13.2. The molecule has 4 aromatic rings. The van der Waals surface area contributed by atoms with E-state index >= 15 is 0 Å². The third kappa shape index (κ3) is 5.91. The Bertz CT molecular complexity index is 1710. The van der Waals surface area contributed by atoms with Gasteiger partial charge in [-0.2, -0.15) is 13.2 Å². The third-order valence-electron chi connectivity index (χ3n) is 6.22. The molecule has 0 bridgehead atoms. The van der Waals surface area contributed by atoms with Gasteiger partial charge in [-0.1, -0.05) is 47.6 Å². The molecule has 0 spiro atoms. The van der Waals surface area contributed by atoms with Gasteiger partial charge in [0.2, 0.25) is 0 Å². The second-order valence-corrected chi connectivity index (χ2v) is 10.5. The number of alkyl halides is 3. The maximum absolute atomic E-state index is 13.3. The van der Waals surface area contributed by atoms with Crippen LogP contribution in [0.1, 0.15) is 44.2 Å². The van der Waals surface area contributed by atoms with Crippen molar-refractivity contribution in [2.75, 3.05) is 0 Å². The van der Waals surface area contributed by atoms with Gasteiger partial charge in [-0.05, 0) is 42.3 Å². The number of nitro benzene ring substituents is 1. The molecule has 0 radical (unpaired) electrons. The Morgan fingerprint density at radius 1 is 1.15 bits per heavy atom. The number of benzene rings is 3. The summed E-state index contributed by atoms with van der Waals surface area (Å²) in [7, 11) is 0.